The van der Waals surface area contributed by atoms with E-state index in [9.17, 15) is 9.59 Å². The molecule has 1 amide bonds. The van der Waals surface area contributed by atoms with E-state index in [1.807, 2.05) is 26.1 Å². The molecule has 0 radical (unpaired) electrons. The summed E-state index contributed by atoms with van der Waals surface area (Å²) in [5, 5.41) is 7.11. The number of carbonyl (C=O) groups excluding carboxylic acids is 2. The van der Waals surface area contributed by atoms with Gasteiger partial charge in [-0.05, 0) is 25.1 Å². The van der Waals surface area contributed by atoms with Crippen molar-refractivity contribution in [3.63, 3.8) is 0 Å². The molecule has 120 valence electrons. The Morgan fingerprint density at radius 1 is 1.36 bits per heavy atom. The molecule has 0 aliphatic carbocycles. The smallest absolute Gasteiger partial charge is 0.240 e. The summed E-state index contributed by atoms with van der Waals surface area (Å²) < 4.78 is 0. The number of hydrogen-bond donors (Lipinski definition) is 2. The van der Waals surface area contributed by atoms with Gasteiger partial charge >= 0.3 is 0 Å². The van der Waals surface area contributed by atoms with Gasteiger partial charge in [0.1, 0.15) is 6.29 Å². The molecule has 0 bridgehead atoms. The van der Waals surface area contributed by atoms with Crippen LogP contribution in [0.4, 0.5) is 0 Å². The first-order chi connectivity index (χ1) is 10.5. The summed E-state index contributed by atoms with van der Waals surface area (Å²) >= 11 is 0. The maximum atomic E-state index is 11.1. The molecule has 1 aliphatic heterocycles. The molecular weight excluding hydrogens is 278 g/mol. The van der Waals surface area contributed by atoms with Crippen LogP contribution >= 0.6 is 0 Å². The van der Waals surface area contributed by atoms with Crippen LogP contribution in [-0.2, 0) is 4.79 Å². The lowest BCUT2D eigenvalue weighted by atomic mass is 9.94. The Morgan fingerprint density at radius 2 is 2.00 bits per heavy atom. The molecule has 0 fully saturated rings. The molecule has 1 aromatic rings. The highest BCUT2D eigenvalue weighted by Gasteiger charge is 2.21. The van der Waals surface area contributed by atoms with Gasteiger partial charge in [0.2, 0.25) is 5.91 Å². The summed E-state index contributed by atoms with van der Waals surface area (Å²) in [6.45, 7) is 7.47. The Kier molecular flexibility index (Phi) is 7.46. The minimum atomic E-state index is -0.0549. The Labute approximate surface area is 132 Å². The van der Waals surface area contributed by atoms with E-state index in [0.717, 1.165) is 30.0 Å². The minimum absolute atomic E-state index is 0.0549. The van der Waals surface area contributed by atoms with E-state index in [2.05, 4.69) is 29.7 Å². The van der Waals surface area contributed by atoms with E-state index in [0.29, 0.717) is 12.0 Å². The van der Waals surface area contributed by atoms with Gasteiger partial charge in [0.15, 0.2) is 0 Å². The van der Waals surface area contributed by atoms with Gasteiger partial charge in [-0.25, -0.2) is 5.43 Å². The molecule has 2 N–H and O–H groups in total. The van der Waals surface area contributed by atoms with E-state index >= 15 is 0 Å². The van der Waals surface area contributed by atoms with Crippen LogP contribution in [-0.4, -0.2) is 31.5 Å². The zero-order chi connectivity index (χ0) is 16.5. The number of nitrogens with one attached hydrogen (secondary N) is 2. The Balaban J connectivity index is 0.000000346. The maximum Gasteiger partial charge on any atom is 0.240 e. The van der Waals surface area contributed by atoms with Gasteiger partial charge in [0.05, 0.1) is 5.71 Å². The van der Waals surface area contributed by atoms with Crippen molar-refractivity contribution in [1.82, 2.24) is 10.7 Å². The van der Waals surface area contributed by atoms with Crippen molar-refractivity contribution in [2.75, 3.05) is 13.6 Å². The minimum Gasteiger partial charge on any atom is -0.319 e. The molecule has 0 aromatic heterocycles. The first kappa shape index (κ1) is 18.0. The number of carbonyl (C=O) groups is 2. The van der Waals surface area contributed by atoms with E-state index in [-0.39, 0.29) is 11.8 Å². The largest absolute Gasteiger partial charge is 0.319 e. The Hall–Kier alpha value is -2.01. The van der Waals surface area contributed by atoms with Crippen LogP contribution in [0.25, 0.3) is 0 Å². The van der Waals surface area contributed by atoms with Crippen LogP contribution in [0, 0.1) is 11.8 Å². The number of rotatable bonds is 4. The molecule has 0 saturated carbocycles. The molecule has 5 nitrogen and oxygen atoms in total. The zero-order valence-corrected chi connectivity index (χ0v) is 13.7. The van der Waals surface area contributed by atoms with Crippen LogP contribution in [0.2, 0.25) is 0 Å². The molecule has 1 aliphatic rings. The highest BCUT2D eigenvalue weighted by molar-refractivity contribution is 6.05. The fourth-order valence-electron chi connectivity index (χ4n) is 2.14. The highest BCUT2D eigenvalue weighted by Crippen LogP contribution is 2.16. The van der Waals surface area contributed by atoms with Crippen molar-refractivity contribution in [1.29, 1.82) is 0 Å². The van der Waals surface area contributed by atoms with Crippen molar-refractivity contribution < 1.29 is 9.59 Å². The average molecular weight is 303 g/mol. The molecular formula is C17H25N3O2. The average Bonchev–Trinajstić information content (AvgIpc) is 2.48. The van der Waals surface area contributed by atoms with Crippen LogP contribution in [0.5, 0.6) is 0 Å². The lowest BCUT2D eigenvalue weighted by Gasteiger charge is -2.19. The molecule has 0 spiro atoms. The topological polar surface area (TPSA) is 70.6 Å². The van der Waals surface area contributed by atoms with Gasteiger partial charge in [0.25, 0.3) is 0 Å². The molecule has 5 heteroatoms. The van der Waals surface area contributed by atoms with Gasteiger partial charge in [0, 0.05) is 17.9 Å². The van der Waals surface area contributed by atoms with Crippen molar-refractivity contribution in [3.8, 4) is 0 Å². The predicted molar refractivity (Wildman–Crippen MR) is 89.1 cm³/mol. The van der Waals surface area contributed by atoms with Gasteiger partial charge in [-0.1, -0.05) is 45.0 Å². The third-order valence-electron chi connectivity index (χ3n) is 3.21. The monoisotopic (exact) mass is 303 g/mol. The van der Waals surface area contributed by atoms with Gasteiger partial charge in [-0.3, -0.25) is 9.59 Å². The number of nitrogens with zero attached hydrogens (tertiary/aromatic N) is 1. The van der Waals surface area contributed by atoms with Crippen molar-refractivity contribution in [2.24, 2.45) is 16.9 Å². The normalized spacial score (nSPS) is 17.2. The van der Waals surface area contributed by atoms with Crippen molar-refractivity contribution in [2.45, 2.75) is 27.2 Å². The molecule has 0 saturated heterocycles. The van der Waals surface area contributed by atoms with Crippen LogP contribution in [0.1, 0.15) is 43.1 Å². The molecule has 1 atom stereocenters. The maximum absolute atomic E-state index is 11.1. The zero-order valence-electron chi connectivity index (χ0n) is 13.7. The van der Waals surface area contributed by atoms with Crippen molar-refractivity contribution in [3.05, 3.63) is 35.4 Å². The molecule has 2 rings (SSSR count). The highest BCUT2D eigenvalue weighted by atomic mass is 16.2. The SMILES string of the molecule is CC1CC(=O)NN=C1c1ccc(C=O)cc1.CNCC(C)C. The van der Waals surface area contributed by atoms with Crippen LogP contribution < -0.4 is 10.7 Å². The second-order valence-electron chi connectivity index (χ2n) is 5.83. The van der Waals surface area contributed by atoms with E-state index < -0.39 is 0 Å². The standard InChI is InChI=1S/C12H12N2O2.C5H13N/c1-8-6-11(16)13-14-12(8)10-4-2-9(7-15)3-5-10;1-5(2)4-6-3/h2-5,7-8H,6H2,1H3,(H,13,16);5-6H,4H2,1-3H3. The first-order valence-corrected chi connectivity index (χ1v) is 7.54. The second-order valence-corrected chi connectivity index (χ2v) is 5.83. The molecule has 1 aromatic carbocycles. The lowest BCUT2D eigenvalue weighted by Crippen LogP contribution is -2.31. The van der Waals surface area contributed by atoms with E-state index in [1.54, 1.807) is 12.1 Å². The summed E-state index contributed by atoms with van der Waals surface area (Å²) in [6, 6.07) is 7.18. The Bertz CT molecular complexity index is 521. The quantitative estimate of drug-likeness (QED) is 0.838. The number of amides is 1. The third kappa shape index (κ3) is 5.77. The fourth-order valence-corrected chi connectivity index (χ4v) is 2.14. The van der Waals surface area contributed by atoms with Crippen LogP contribution in [0.15, 0.2) is 29.4 Å². The number of aldehydes is 1. The van der Waals surface area contributed by atoms with Crippen LogP contribution in [0.3, 0.4) is 0 Å². The van der Waals surface area contributed by atoms with E-state index in [4.69, 9.17) is 0 Å². The van der Waals surface area contributed by atoms with Crippen molar-refractivity contribution >= 4 is 17.9 Å². The number of hydrazone groups is 1. The predicted octanol–water partition coefficient (Wildman–Crippen LogP) is 2.22. The lowest BCUT2D eigenvalue weighted by molar-refractivity contribution is -0.121. The number of benzene rings is 1. The summed E-state index contributed by atoms with van der Waals surface area (Å²) in [5.74, 6) is 0.839. The Morgan fingerprint density at radius 3 is 2.41 bits per heavy atom. The van der Waals surface area contributed by atoms with Gasteiger partial charge in [-0.2, -0.15) is 5.10 Å². The molecule has 22 heavy (non-hydrogen) atoms. The van der Waals surface area contributed by atoms with E-state index in [1.165, 1.54) is 0 Å². The third-order valence-corrected chi connectivity index (χ3v) is 3.21. The molecule has 1 heterocycles. The summed E-state index contributed by atoms with van der Waals surface area (Å²) in [7, 11) is 1.97. The van der Waals surface area contributed by atoms with Gasteiger partial charge < -0.3 is 5.32 Å². The second kappa shape index (κ2) is 9.10. The summed E-state index contributed by atoms with van der Waals surface area (Å²) in [6.07, 6.45) is 1.26. The van der Waals surface area contributed by atoms with Gasteiger partial charge in [-0.15, -0.1) is 0 Å². The fraction of sp³-hybridized carbons (Fsp3) is 0.471. The first-order valence-electron chi connectivity index (χ1n) is 7.54. The molecule has 1 unspecified atom stereocenters. The summed E-state index contributed by atoms with van der Waals surface area (Å²) in [5.41, 5.74) is 4.91. The summed E-state index contributed by atoms with van der Waals surface area (Å²) in [4.78, 5) is 21.6. The number of hydrogen-bond acceptors (Lipinski definition) is 4.